The van der Waals surface area contributed by atoms with Crippen LogP contribution in [0.25, 0.3) is 0 Å². The fraction of sp³-hybridized carbons (Fsp3) is 0.600. The lowest BCUT2D eigenvalue weighted by atomic mass is 9.87. The van der Waals surface area contributed by atoms with Crippen molar-refractivity contribution >= 4 is 0 Å². The van der Waals surface area contributed by atoms with Gasteiger partial charge in [-0.15, -0.1) is 0 Å². The Labute approximate surface area is 108 Å². The fourth-order valence-electron chi connectivity index (χ4n) is 2.44. The monoisotopic (exact) mass is 255 g/mol. The third-order valence-corrected chi connectivity index (χ3v) is 3.41. The predicted molar refractivity (Wildman–Crippen MR) is 71.3 cm³/mol. The number of hydrogen-bond acceptors (Lipinski definition) is 1. The van der Waals surface area contributed by atoms with E-state index in [0.29, 0.717) is 17.9 Å². The lowest BCUT2D eigenvalue weighted by Crippen LogP contribution is -2.32. The van der Waals surface area contributed by atoms with E-state index >= 15 is 0 Å². The molecule has 0 aliphatic heterocycles. The molecule has 1 atom stereocenters. The van der Waals surface area contributed by atoms with Crippen molar-refractivity contribution in [1.29, 1.82) is 0 Å². The van der Waals surface area contributed by atoms with Crippen LogP contribution in [0, 0.1) is 17.6 Å². The van der Waals surface area contributed by atoms with Crippen molar-refractivity contribution in [2.45, 2.75) is 52.0 Å². The van der Waals surface area contributed by atoms with E-state index in [1.54, 1.807) is 6.07 Å². The number of hydrogen-bond donors (Lipinski definition) is 1. The first kappa shape index (κ1) is 15.1. The Kier molecular flexibility index (Phi) is 6.27. The first-order chi connectivity index (χ1) is 8.60. The van der Waals surface area contributed by atoms with Gasteiger partial charge in [-0.05, 0) is 36.8 Å². The van der Waals surface area contributed by atoms with Crippen LogP contribution < -0.4 is 5.73 Å². The molecule has 0 aromatic heterocycles. The summed E-state index contributed by atoms with van der Waals surface area (Å²) in [6, 6.07) is 4.20. The highest BCUT2D eigenvalue weighted by Gasteiger charge is 2.19. The van der Waals surface area contributed by atoms with Gasteiger partial charge < -0.3 is 5.73 Å². The molecule has 1 aromatic carbocycles. The topological polar surface area (TPSA) is 26.0 Å². The van der Waals surface area contributed by atoms with Gasteiger partial charge in [-0.2, -0.15) is 0 Å². The van der Waals surface area contributed by atoms with Crippen molar-refractivity contribution in [3.63, 3.8) is 0 Å². The smallest absolute Gasteiger partial charge is 0.162 e. The predicted octanol–water partition coefficient (Wildman–Crippen LogP) is 4.05. The average Bonchev–Trinajstić information content (AvgIpc) is 2.34. The van der Waals surface area contributed by atoms with Crippen LogP contribution >= 0.6 is 0 Å². The molecule has 0 amide bonds. The lowest BCUT2D eigenvalue weighted by molar-refractivity contribution is 0.355. The van der Waals surface area contributed by atoms with Crippen molar-refractivity contribution in [2.24, 2.45) is 11.7 Å². The molecule has 1 nitrogen and oxygen atoms in total. The first-order valence-corrected chi connectivity index (χ1v) is 6.78. The third kappa shape index (κ3) is 4.05. The highest BCUT2D eigenvalue weighted by molar-refractivity contribution is 5.20. The highest BCUT2D eigenvalue weighted by atomic mass is 19.2. The van der Waals surface area contributed by atoms with Crippen LogP contribution in [-0.4, -0.2) is 6.04 Å². The zero-order valence-corrected chi connectivity index (χ0v) is 11.3. The average molecular weight is 255 g/mol. The summed E-state index contributed by atoms with van der Waals surface area (Å²) >= 11 is 0. The number of benzene rings is 1. The standard InChI is InChI=1S/C15H23F2N/c1-3-6-11(7-4-2)14(18)10-12-8-5-9-13(16)15(12)17/h5,8-9,11,14H,3-4,6-7,10,18H2,1-2H3. The maximum Gasteiger partial charge on any atom is 0.162 e. The lowest BCUT2D eigenvalue weighted by Gasteiger charge is -2.23. The van der Waals surface area contributed by atoms with Gasteiger partial charge in [0.25, 0.3) is 0 Å². The van der Waals surface area contributed by atoms with Gasteiger partial charge in [-0.25, -0.2) is 8.78 Å². The summed E-state index contributed by atoms with van der Waals surface area (Å²) < 4.78 is 26.7. The molecular formula is C15H23F2N. The van der Waals surface area contributed by atoms with Gasteiger partial charge in [-0.1, -0.05) is 38.8 Å². The Morgan fingerprint density at radius 2 is 1.72 bits per heavy atom. The molecule has 1 aromatic rings. The molecule has 102 valence electrons. The molecule has 0 saturated heterocycles. The van der Waals surface area contributed by atoms with E-state index in [9.17, 15) is 8.78 Å². The van der Waals surface area contributed by atoms with E-state index < -0.39 is 11.6 Å². The highest BCUT2D eigenvalue weighted by Crippen LogP contribution is 2.21. The van der Waals surface area contributed by atoms with Crippen LogP contribution in [0.15, 0.2) is 18.2 Å². The minimum atomic E-state index is -0.790. The molecule has 0 radical (unpaired) electrons. The molecule has 2 N–H and O–H groups in total. The molecule has 0 spiro atoms. The summed E-state index contributed by atoms with van der Waals surface area (Å²) in [6.45, 7) is 4.25. The van der Waals surface area contributed by atoms with Gasteiger partial charge in [0.05, 0.1) is 0 Å². The Bertz CT molecular complexity index is 360. The first-order valence-electron chi connectivity index (χ1n) is 6.78. The van der Waals surface area contributed by atoms with Crippen LogP contribution in [0.1, 0.15) is 45.1 Å². The Balaban J connectivity index is 2.72. The maximum atomic E-state index is 13.6. The van der Waals surface area contributed by atoms with E-state index in [2.05, 4.69) is 13.8 Å². The Morgan fingerprint density at radius 3 is 2.28 bits per heavy atom. The van der Waals surface area contributed by atoms with Gasteiger partial charge in [-0.3, -0.25) is 0 Å². The van der Waals surface area contributed by atoms with E-state index in [1.807, 2.05) is 0 Å². The largest absolute Gasteiger partial charge is 0.327 e. The minimum absolute atomic E-state index is 0.0961. The van der Waals surface area contributed by atoms with Crippen molar-refractivity contribution in [1.82, 2.24) is 0 Å². The van der Waals surface area contributed by atoms with Crippen LogP contribution in [-0.2, 0) is 6.42 Å². The molecule has 0 saturated carbocycles. The summed E-state index contributed by atoms with van der Waals surface area (Å²) in [5.74, 6) is -1.15. The van der Waals surface area contributed by atoms with E-state index in [0.717, 1.165) is 31.7 Å². The molecule has 3 heteroatoms. The Morgan fingerprint density at radius 1 is 1.11 bits per heavy atom. The molecule has 1 rings (SSSR count). The van der Waals surface area contributed by atoms with Crippen LogP contribution in [0.4, 0.5) is 8.78 Å². The van der Waals surface area contributed by atoms with Crippen LogP contribution in [0.3, 0.4) is 0 Å². The van der Waals surface area contributed by atoms with E-state index in [1.165, 1.54) is 6.07 Å². The fourth-order valence-corrected chi connectivity index (χ4v) is 2.44. The maximum absolute atomic E-state index is 13.6. The normalized spacial score (nSPS) is 13.0. The number of halogens is 2. The third-order valence-electron chi connectivity index (χ3n) is 3.41. The second-order valence-electron chi connectivity index (χ2n) is 4.92. The zero-order chi connectivity index (χ0) is 13.5. The van der Waals surface area contributed by atoms with Crippen molar-refractivity contribution < 1.29 is 8.78 Å². The van der Waals surface area contributed by atoms with E-state index in [-0.39, 0.29) is 6.04 Å². The minimum Gasteiger partial charge on any atom is -0.327 e. The Hall–Kier alpha value is -0.960. The quantitative estimate of drug-likeness (QED) is 0.781. The molecule has 0 fully saturated rings. The molecule has 1 unspecified atom stereocenters. The summed E-state index contributed by atoms with van der Waals surface area (Å²) in [5, 5.41) is 0. The second kappa shape index (κ2) is 7.47. The number of rotatable bonds is 7. The number of nitrogens with two attached hydrogens (primary N) is 1. The zero-order valence-electron chi connectivity index (χ0n) is 11.3. The molecule has 0 aliphatic carbocycles. The molecule has 18 heavy (non-hydrogen) atoms. The van der Waals surface area contributed by atoms with Gasteiger partial charge in [0.2, 0.25) is 0 Å². The van der Waals surface area contributed by atoms with E-state index in [4.69, 9.17) is 5.73 Å². The van der Waals surface area contributed by atoms with Gasteiger partial charge in [0.1, 0.15) is 0 Å². The van der Waals surface area contributed by atoms with Gasteiger partial charge in [0.15, 0.2) is 11.6 Å². The van der Waals surface area contributed by atoms with Gasteiger partial charge in [0, 0.05) is 6.04 Å². The van der Waals surface area contributed by atoms with Crippen molar-refractivity contribution in [3.05, 3.63) is 35.4 Å². The summed E-state index contributed by atoms with van der Waals surface area (Å²) in [5.41, 5.74) is 6.54. The molecular weight excluding hydrogens is 232 g/mol. The summed E-state index contributed by atoms with van der Waals surface area (Å²) in [6.07, 6.45) is 4.65. The van der Waals surface area contributed by atoms with Crippen molar-refractivity contribution in [3.8, 4) is 0 Å². The van der Waals surface area contributed by atoms with Crippen LogP contribution in [0.2, 0.25) is 0 Å². The van der Waals surface area contributed by atoms with Gasteiger partial charge >= 0.3 is 0 Å². The molecule has 0 aliphatic rings. The molecule has 0 bridgehead atoms. The SMILES string of the molecule is CCCC(CCC)C(N)Cc1cccc(F)c1F. The van der Waals surface area contributed by atoms with Crippen LogP contribution in [0.5, 0.6) is 0 Å². The molecule has 0 heterocycles. The second-order valence-corrected chi connectivity index (χ2v) is 4.92. The summed E-state index contributed by atoms with van der Waals surface area (Å²) in [4.78, 5) is 0. The summed E-state index contributed by atoms with van der Waals surface area (Å²) in [7, 11) is 0. The van der Waals surface area contributed by atoms with Crippen molar-refractivity contribution in [2.75, 3.05) is 0 Å².